The van der Waals surface area contributed by atoms with Gasteiger partial charge in [0.1, 0.15) is 12.0 Å². The van der Waals surface area contributed by atoms with Crippen molar-refractivity contribution < 1.29 is 14.0 Å². The smallest absolute Gasteiger partial charge is 0.255 e. The van der Waals surface area contributed by atoms with E-state index >= 15 is 0 Å². The van der Waals surface area contributed by atoms with Gasteiger partial charge in [-0.25, -0.2) is 0 Å². The number of ketones is 1. The van der Waals surface area contributed by atoms with Crippen molar-refractivity contribution in [3.63, 3.8) is 0 Å². The number of likely N-dealkylation sites (tertiary alicyclic amines) is 1. The quantitative estimate of drug-likeness (QED) is 0.894. The molecule has 26 heavy (non-hydrogen) atoms. The predicted octanol–water partition coefficient (Wildman–Crippen LogP) is 3.57. The molecule has 0 aromatic carbocycles. The third-order valence-electron chi connectivity index (χ3n) is 6.28. The van der Waals surface area contributed by atoms with Gasteiger partial charge < -0.3 is 14.6 Å². The van der Waals surface area contributed by atoms with E-state index in [0.717, 1.165) is 44.7 Å². The summed E-state index contributed by atoms with van der Waals surface area (Å²) in [7, 11) is 0. The van der Waals surface area contributed by atoms with Crippen LogP contribution in [-0.2, 0) is 6.42 Å². The highest BCUT2D eigenvalue weighted by atomic mass is 16.3. The lowest BCUT2D eigenvalue weighted by molar-refractivity contribution is 0.0878. The van der Waals surface area contributed by atoms with E-state index in [4.69, 9.17) is 4.42 Å². The van der Waals surface area contributed by atoms with Crippen LogP contribution < -0.4 is 5.32 Å². The molecule has 2 heterocycles. The van der Waals surface area contributed by atoms with Crippen LogP contribution in [0.15, 0.2) is 10.7 Å². The van der Waals surface area contributed by atoms with Gasteiger partial charge in [0.25, 0.3) is 5.91 Å². The molecule has 2 fully saturated rings. The summed E-state index contributed by atoms with van der Waals surface area (Å²) in [4.78, 5) is 27.5. The van der Waals surface area contributed by atoms with Crippen molar-refractivity contribution in [3.8, 4) is 0 Å². The highest BCUT2D eigenvalue weighted by Crippen LogP contribution is 2.27. The fourth-order valence-electron chi connectivity index (χ4n) is 4.93. The molecular formula is C21H30N2O3. The van der Waals surface area contributed by atoms with Crippen LogP contribution in [0.3, 0.4) is 0 Å². The number of piperidine rings is 1. The molecule has 1 aromatic heterocycles. The molecule has 1 unspecified atom stereocenters. The number of rotatable bonds is 4. The minimum atomic E-state index is -0.144. The Morgan fingerprint density at radius 1 is 1.12 bits per heavy atom. The molecule has 0 radical (unpaired) electrons. The van der Waals surface area contributed by atoms with Crippen LogP contribution in [0, 0.1) is 5.92 Å². The van der Waals surface area contributed by atoms with Crippen molar-refractivity contribution in [1.82, 2.24) is 10.2 Å². The fourth-order valence-corrected chi connectivity index (χ4v) is 4.93. The van der Waals surface area contributed by atoms with Crippen LogP contribution in [0.2, 0.25) is 0 Å². The van der Waals surface area contributed by atoms with Crippen molar-refractivity contribution in [2.24, 2.45) is 5.92 Å². The summed E-state index contributed by atoms with van der Waals surface area (Å²) in [6.07, 6.45) is 12.6. The van der Waals surface area contributed by atoms with Gasteiger partial charge in [-0.05, 0) is 44.6 Å². The number of nitrogens with one attached hydrogen (secondary N) is 1. The second-order valence-electron chi connectivity index (χ2n) is 8.30. The van der Waals surface area contributed by atoms with E-state index in [1.54, 1.807) is 0 Å². The summed E-state index contributed by atoms with van der Waals surface area (Å²) < 4.78 is 5.50. The van der Waals surface area contributed by atoms with Crippen LogP contribution in [0.5, 0.6) is 0 Å². The first kappa shape index (κ1) is 17.8. The van der Waals surface area contributed by atoms with Gasteiger partial charge in [0.15, 0.2) is 5.78 Å². The Balaban J connectivity index is 1.35. The van der Waals surface area contributed by atoms with E-state index in [2.05, 4.69) is 10.2 Å². The first-order valence-electron chi connectivity index (χ1n) is 10.4. The Bertz CT molecular complexity index is 660. The molecule has 5 nitrogen and oxygen atoms in total. The monoisotopic (exact) mass is 358 g/mol. The molecule has 5 heteroatoms. The summed E-state index contributed by atoms with van der Waals surface area (Å²) in [5, 5.41) is 3.17. The van der Waals surface area contributed by atoms with Gasteiger partial charge in [-0.1, -0.05) is 19.3 Å². The van der Waals surface area contributed by atoms with Crippen molar-refractivity contribution in [2.75, 3.05) is 19.6 Å². The standard InChI is InChI=1S/C21H30N2O3/c24-18-9-4-10-19-20(18)17(14-26-19)21(25)22-16-8-5-11-23(13-16)12-15-6-2-1-3-7-15/h14-16H,1-13H2,(H,22,25). The Hall–Kier alpha value is -1.62. The zero-order valence-electron chi connectivity index (χ0n) is 15.6. The topological polar surface area (TPSA) is 62.6 Å². The molecule has 1 atom stereocenters. The summed E-state index contributed by atoms with van der Waals surface area (Å²) in [5.41, 5.74) is 0.970. The molecule has 1 saturated heterocycles. The largest absolute Gasteiger partial charge is 0.468 e. The molecular weight excluding hydrogens is 328 g/mol. The number of Topliss-reactive ketones (excluding diaryl/α,β-unsaturated/α-hetero) is 1. The van der Waals surface area contributed by atoms with Crippen molar-refractivity contribution >= 4 is 11.7 Å². The Morgan fingerprint density at radius 3 is 2.81 bits per heavy atom. The minimum absolute atomic E-state index is 0.0488. The summed E-state index contributed by atoms with van der Waals surface area (Å²) in [6.45, 7) is 3.24. The SMILES string of the molecule is O=C(NC1CCCN(CC2CCCCC2)C1)c1coc2c1C(=O)CCC2. The molecule has 0 bridgehead atoms. The van der Waals surface area contributed by atoms with Gasteiger partial charge in [-0.15, -0.1) is 0 Å². The van der Waals surface area contributed by atoms with Crippen LogP contribution in [-0.4, -0.2) is 42.3 Å². The van der Waals surface area contributed by atoms with Gasteiger partial charge in [-0.2, -0.15) is 0 Å². The second-order valence-corrected chi connectivity index (χ2v) is 8.30. The second kappa shape index (κ2) is 7.95. The Labute approximate surface area is 155 Å². The van der Waals surface area contributed by atoms with Crippen molar-refractivity contribution in [3.05, 3.63) is 23.2 Å². The van der Waals surface area contributed by atoms with E-state index in [9.17, 15) is 9.59 Å². The maximum Gasteiger partial charge on any atom is 0.255 e. The zero-order valence-corrected chi connectivity index (χ0v) is 15.6. The number of hydrogen-bond acceptors (Lipinski definition) is 4. The molecule has 1 aliphatic heterocycles. The van der Waals surface area contributed by atoms with E-state index in [1.165, 1.54) is 44.9 Å². The fraction of sp³-hybridized carbons (Fsp3) is 0.714. The van der Waals surface area contributed by atoms with E-state index in [0.29, 0.717) is 23.3 Å². The van der Waals surface area contributed by atoms with Gasteiger partial charge in [0, 0.05) is 32.0 Å². The molecule has 1 N–H and O–H groups in total. The lowest BCUT2D eigenvalue weighted by Gasteiger charge is -2.36. The van der Waals surface area contributed by atoms with E-state index in [1.807, 2.05) is 0 Å². The number of fused-ring (bicyclic) bond motifs is 1. The third kappa shape index (κ3) is 3.88. The van der Waals surface area contributed by atoms with Gasteiger partial charge in [0.05, 0.1) is 11.1 Å². The Kier molecular flexibility index (Phi) is 5.44. The molecule has 4 rings (SSSR count). The summed E-state index contributed by atoms with van der Waals surface area (Å²) in [5.74, 6) is 1.42. The normalized spacial score (nSPS) is 25.1. The molecule has 3 aliphatic rings. The number of aryl methyl sites for hydroxylation is 1. The van der Waals surface area contributed by atoms with Crippen LogP contribution in [0.25, 0.3) is 0 Å². The predicted molar refractivity (Wildman–Crippen MR) is 99.5 cm³/mol. The molecule has 142 valence electrons. The van der Waals surface area contributed by atoms with Crippen LogP contribution in [0.1, 0.15) is 84.3 Å². The number of carbonyl (C=O) groups excluding carboxylic acids is 2. The number of nitrogens with zero attached hydrogens (tertiary/aromatic N) is 1. The lowest BCUT2D eigenvalue weighted by Crippen LogP contribution is -2.49. The van der Waals surface area contributed by atoms with Gasteiger partial charge in [0.2, 0.25) is 0 Å². The van der Waals surface area contributed by atoms with E-state index < -0.39 is 0 Å². The van der Waals surface area contributed by atoms with Gasteiger partial charge >= 0.3 is 0 Å². The number of amides is 1. The molecule has 1 amide bonds. The minimum Gasteiger partial charge on any atom is -0.468 e. The number of carbonyl (C=O) groups is 2. The molecule has 1 saturated carbocycles. The van der Waals surface area contributed by atoms with Crippen LogP contribution in [0.4, 0.5) is 0 Å². The van der Waals surface area contributed by atoms with Crippen molar-refractivity contribution in [2.45, 2.75) is 70.3 Å². The van der Waals surface area contributed by atoms with Crippen molar-refractivity contribution in [1.29, 1.82) is 0 Å². The highest BCUT2D eigenvalue weighted by Gasteiger charge is 2.30. The molecule has 1 aromatic rings. The summed E-state index contributed by atoms with van der Waals surface area (Å²) in [6, 6.07) is 0.170. The maximum absolute atomic E-state index is 12.7. The number of furan rings is 1. The van der Waals surface area contributed by atoms with Crippen LogP contribution >= 0.6 is 0 Å². The highest BCUT2D eigenvalue weighted by molar-refractivity contribution is 6.09. The maximum atomic E-state index is 12.7. The average Bonchev–Trinajstić information content (AvgIpc) is 3.09. The van der Waals surface area contributed by atoms with Gasteiger partial charge in [-0.3, -0.25) is 9.59 Å². The average molecular weight is 358 g/mol. The molecule has 0 spiro atoms. The first-order valence-corrected chi connectivity index (χ1v) is 10.4. The lowest BCUT2D eigenvalue weighted by atomic mass is 9.88. The first-order chi connectivity index (χ1) is 12.7. The zero-order chi connectivity index (χ0) is 17.9. The Morgan fingerprint density at radius 2 is 1.96 bits per heavy atom. The summed E-state index contributed by atoms with van der Waals surface area (Å²) >= 11 is 0. The molecule has 2 aliphatic carbocycles. The number of hydrogen-bond donors (Lipinski definition) is 1. The third-order valence-corrected chi connectivity index (χ3v) is 6.28. The van der Waals surface area contributed by atoms with E-state index in [-0.39, 0.29) is 17.7 Å².